The second-order valence-electron chi connectivity index (χ2n) is 7.27. The van der Waals surface area contributed by atoms with Crippen LogP contribution in [0, 0.1) is 25.2 Å². The Morgan fingerprint density at radius 2 is 1.95 bits per heavy atom. The first-order chi connectivity index (χ1) is 9.30. The van der Waals surface area contributed by atoms with Gasteiger partial charge in [0.1, 0.15) is 0 Å². The largest absolute Gasteiger partial charge is 0.382 e. The van der Waals surface area contributed by atoms with E-state index in [2.05, 4.69) is 65.1 Å². The molecule has 0 heterocycles. The third-order valence-electron chi connectivity index (χ3n) is 4.66. The highest BCUT2D eigenvalue weighted by Crippen LogP contribution is 2.44. The molecule has 1 aromatic rings. The van der Waals surface area contributed by atoms with Crippen molar-refractivity contribution in [3.8, 4) is 0 Å². The molecule has 1 aliphatic rings. The van der Waals surface area contributed by atoms with E-state index < -0.39 is 0 Å². The van der Waals surface area contributed by atoms with E-state index in [-0.39, 0.29) is 5.41 Å². The van der Waals surface area contributed by atoms with Gasteiger partial charge in [-0.3, -0.25) is 0 Å². The summed E-state index contributed by atoms with van der Waals surface area (Å²) in [4.78, 5) is 0. The molecule has 2 nitrogen and oxygen atoms in total. The Balaban J connectivity index is 1.93. The third-order valence-corrected chi connectivity index (χ3v) is 4.66. The van der Waals surface area contributed by atoms with Gasteiger partial charge < -0.3 is 10.1 Å². The fourth-order valence-corrected chi connectivity index (χ4v) is 2.75. The lowest BCUT2D eigenvalue weighted by atomic mass is 9.64. The van der Waals surface area contributed by atoms with Crippen LogP contribution in [-0.4, -0.2) is 18.8 Å². The zero-order chi connectivity index (χ0) is 14.9. The summed E-state index contributed by atoms with van der Waals surface area (Å²) in [6, 6.07) is 7.12. The van der Waals surface area contributed by atoms with Crippen LogP contribution in [0.4, 0.5) is 5.69 Å². The van der Waals surface area contributed by atoms with Crippen molar-refractivity contribution in [2.24, 2.45) is 11.3 Å². The second-order valence-corrected chi connectivity index (χ2v) is 7.27. The van der Waals surface area contributed by atoms with Crippen molar-refractivity contribution in [2.75, 3.05) is 11.9 Å². The van der Waals surface area contributed by atoms with E-state index in [9.17, 15) is 0 Å². The van der Waals surface area contributed by atoms with E-state index in [1.807, 2.05) is 0 Å². The standard InChI is InChI=1S/C18H29NO/c1-12(2)11-20-17-10-16(18(17,5)6)19-15-8-7-13(3)14(4)9-15/h7-9,12,16-17,19H,10-11H2,1-6H3. The minimum Gasteiger partial charge on any atom is -0.382 e. The fraction of sp³-hybridized carbons (Fsp3) is 0.667. The molecule has 2 atom stereocenters. The summed E-state index contributed by atoms with van der Waals surface area (Å²) in [7, 11) is 0. The van der Waals surface area contributed by atoms with Crippen LogP contribution in [0.2, 0.25) is 0 Å². The molecule has 2 heteroatoms. The van der Waals surface area contributed by atoms with Gasteiger partial charge in [-0.05, 0) is 49.4 Å². The average Bonchev–Trinajstić information content (AvgIpc) is 2.36. The Hall–Kier alpha value is -1.02. The Labute approximate surface area is 123 Å². The summed E-state index contributed by atoms with van der Waals surface area (Å²) < 4.78 is 6.03. The maximum absolute atomic E-state index is 6.03. The van der Waals surface area contributed by atoms with Gasteiger partial charge in [0.05, 0.1) is 6.10 Å². The summed E-state index contributed by atoms with van der Waals surface area (Å²) in [5, 5.41) is 3.67. The second kappa shape index (κ2) is 5.77. The first-order valence-corrected chi connectivity index (χ1v) is 7.76. The molecule has 20 heavy (non-hydrogen) atoms. The molecule has 0 amide bonds. The van der Waals surface area contributed by atoms with E-state index in [1.54, 1.807) is 0 Å². The third kappa shape index (κ3) is 3.17. The number of nitrogens with one attached hydrogen (secondary N) is 1. The van der Waals surface area contributed by atoms with Crippen LogP contribution < -0.4 is 5.32 Å². The van der Waals surface area contributed by atoms with Crippen molar-refractivity contribution in [3.63, 3.8) is 0 Å². The number of ether oxygens (including phenoxy) is 1. The zero-order valence-corrected chi connectivity index (χ0v) is 13.8. The molecule has 2 rings (SSSR count). The smallest absolute Gasteiger partial charge is 0.0665 e. The SMILES string of the molecule is Cc1ccc(NC2CC(OCC(C)C)C2(C)C)cc1C. The van der Waals surface area contributed by atoms with Gasteiger partial charge in [-0.15, -0.1) is 0 Å². The van der Waals surface area contributed by atoms with Crippen LogP contribution in [0.5, 0.6) is 0 Å². The van der Waals surface area contributed by atoms with E-state index in [0.29, 0.717) is 18.1 Å². The molecule has 0 bridgehead atoms. The van der Waals surface area contributed by atoms with Crippen molar-refractivity contribution < 1.29 is 4.74 Å². The van der Waals surface area contributed by atoms with Crippen LogP contribution in [0.25, 0.3) is 0 Å². The van der Waals surface area contributed by atoms with Gasteiger partial charge in [-0.25, -0.2) is 0 Å². The monoisotopic (exact) mass is 275 g/mol. The Bertz CT molecular complexity index is 464. The van der Waals surface area contributed by atoms with Crippen molar-refractivity contribution >= 4 is 5.69 Å². The molecule has 1 aliphatic carbocycles. The lowest BCUT2D eigenvalue weighted by Crippen LogP contribution is -2.58. The van der Waals surface area contributed by atoms with E-state index in [4.69, 9.17) is 4.74 Å². The number of hydrogen-bond donors (Lipinski definition) is 1. The predicted molar refractivity (Wildman–Crippen MR) is 86.3 cm³/mol. The van der Waals surface area contributed by atoms with Crippen LogP contribution in [0.1, 0.15) is 45.2 Å². The van der Waals surface area contributed by atoms with Gasteiger partial charge in [0.2, 0.25) is 0 Å². The van der Waals surface area contributed by atoms with Crippen LogP contribution in [0.3, 0.4) is 0 Å². The lowest BCUT2D eigenvalue weighted by Gasteiger charge is -2.52. The first kappa shape index (κ1) is 15.4. The molecule has 1 fully saturated rings. The van der Waals surface area contributed by atoms with Gasteiger partial charge in [0.15, 0.2) is 0 Å². The molecule has 0 saturated heterocycles. The average molecular weight is 275 g/mol. The fourth-order valence-electron chi connectivity index (χ4n) is 2.75. The van der Waals surface area contributed by atoms with Gasteiger partial charge in [-0.1, -0.05) is 33.8 Å². The highest BCUT2D eigenvalue weighted by Gasteiger charge is 2.49. The summed E-state index contributed by atoms with van der Waals surface area (Å²) in [6.45, 7) is 14.2. The van der Waals surface area contributed by atoms with E-state index in [1.165, 1.54) is 16.8 Å². The molecule has 1 aromatic carbocycles. The molecule has 2 unspecified atom stereocenters. The quantitative estimate of drug-likeness (QED) is 0.851. The Morgan fingerprint density at radius 1 is 1.25 bits per heavy atom. The molecule has 0 aromatic heterocycles. The van der Waals surface area contributed by atoms with Gasteiger partial charge in [-0.2, -0.15) is 0 Å². The number of benzene rings is 1. The first-order valence-electron chi connectivity index (χ1n) is 7.76. The summed E-state index contributed by atoms with van der Waals surface area (Å²) in [5.41, 5.74) is 4.13. The van der Waals surface area contributed by atoms with E-state index >= 15 is 0 Å². The maximum Gasteiger partial charge on any atom is 0.0665 e. The van der Waals surface area contributed by atoms with Gasteiger partial charge in [0.25, 0.3) is 0 Å². The zero-order valence-electron chi connectivity index (χ0n) is 13.8. The molecule has 0 aliphatic heterocycles. The van der Waals surface area contributed by atoms with Gasteiger partial charge >= 0.3 is 0 Å². The normalized spacial score (nSPS) is 24.6. The number of rotatable bonds is 5. The predicted octanol–water partition coefficient (Wildman–Crippen LogP) is 4.56. The summed E-state index contributed by atoms with van der Waals surface area (Å²) >= 11 is 0. The maximum atomic E-state index is 6.03. The Kier molecular flexibility index (Phi) is 4.43. The van der Waals surface area contributed by atoms with Gasteiger partial charge in [0, 0.05) is 23.8 Å². The van der Waals surface area contributed by atoms with Crippen molar-refractivity contribution in [2.45, 2.75) is 60.1 Å². The van der Waals surface area contributed by atoms with Crippen molar-refractivity contribution in [1.29, 1.82) is 0 Å². The minimum atomic E-state index is 0.202. The van der Waals surface area contributed by atoms with E-state index in [0.717, 1.165) is 13.0 Å². The summed E-state index contributed by atoms with van der Waals surface area (Å²) in [6.07, 6.45) is 1.49. The van der Waals surface area contributed by atoms with Crippen LogP contribution in [-0.2, 0) is 4.74 Å². The van der Waals surface area contributed by atoms with Crippen molar-refractivity contribution in [1.82, 2.24) is 0 Å². The molecule has 112 valence electrons. The molecule has 0 radical (unpaired) electrons. The molecular formula is C18H29NO. The number of hydrogen-bond acceptors (Lipinski definition) is 2. The molecule has 1 saturated carbocycles. The highest BCUT2D eigenvalue weighted by molar-refractivity contribution is 5.49. The topological polar surface area (TPSA) is 21.3 Å². The molecule has 1 N–H and O–H groups in total. The van der Waals surface area contributed by atoms with Crippen molar-refractivity contribution in [3.05, 3.63) is 29.3 Å². The van der Waals surface area contributed by atoms with Crippen LogP contribution >= 0.6 is 0 Å². The number of anilines is 1. The molecular weight excluding hydrogens is 246 g/mol. The number of aryl methyl sites for hydroxylation is 2. The summed E-state index contributed by atoms with van der Waals surface area (Å²) in [5.74, 6) is 0.609. The molecule has 0 spiro atoms. The Morgan fingerprint density at radius 3 is 2.50 bits per heavy atom. The minimum absolute atomic E-state index is 0.202. The highest BCUT2D eigenvalue weighted by atomic mass is 16.5. The lowest BCUT2D eigenvalue weighted by molar-refractivity contribution is -0.108. The van der Waals surface area contributed by atoms with Crippen LogP contribution in [0.15, 0.2) is 18.2 Å².